The Balaban J connectivity index is 2.20. The van der Waals surface area contributed by atoms with E-state index in [0.29, 0.717) is 17.9 Å². The van der Waals surface area contributed by atoms with Crippen molar-refractivity contribution in [1.82, 2.24) is 0 Å². The predicted molar refractivity (Wildman–Crippen MR) is 109 cm³/mol. The van der Waals surface area contributed by atoms with E-state index in [1.165, 1.54) is 11.1 Å². The summed E-state index contributed by atoms with van der Waals surface area (Å²) in [5.41, 5.74) is 4.09. The molecule has 0 saturated carbocycles. The molecule has 4 heteroatoms. The Morgan fingerprint density at radius 2 is 1.52 bits per heavy atom. The summed E-state index contributed by atoms with van der Waals surface area (Å²) in [7, 11) is 4.90. The highest BCUT2D eigenvalue weighted by Crippen LogP contribution is 2.40. The van der Waals surface area contributed by atoms with E-state index in [1.807, 2.05) is 32.0 Å². The Hall–Kier alpha value is -2.62. The van der Waals surface area contributed by atoms with Gasteiger partial charge in [-0.1, -0.05) is 23.8 Å². The summed E-state index contributed by atoms with van der Waals surface area (Å²) in [5.74, 6) is 2.45. The molecule has 0 fully saturated rings. The fourth-order valence-electron chi connectivity index (χ4n) is 3.08. The maximum atomic E-state index is 10.9. The Morgan fingerprint density at radius 3 is 2.07 bits per heavy atom. The number of hydrogen-bond donors (Lipinski definition) is 1. The van der Waals surface area contributed by atoms with Gasteiger partial charge in [-0.25, -0.2) is 0 Å². The van der Waals surface area contributed by atoms with E-state index in [4.69, 9.17) is 14.2 Å². The molecule has 0 radical (unpaired) electrons. The molecule has 0 spiro atoms. The molecule has 0 aliphatic carbocycles. The van der Waals surface area contributed by atoms with Crippen LogP contribution in [0.5, 0.6) is 23.0 Å². The molecule has 2 aromatic carbocycles. The Bertz CT molecular complexity index is 772. The molecular weight excluding hydrogens is 340 g/mol. The number of methoxy groups -OCH3 is 3. The third-order valence-electron chi connectivity index (χ3n) is 4.63. The van der Waals surface area contributed by atoms with Crippen LogP contribution < -0.4 is 14.2 Å². The van der Waals surface area contributed by atoms with Gasteiger partial charge in [-0.05, 0) is 57.2 Å². The summed E-state index contributed by atoms with van der Waals surface area (Å²) in [6.07, 6.45) is 5.28. The summed E-state index contributed by atoms with van der Waals surface area (Å²) >= 11 is 0. The summed E-state index contributed by atoms with van der Waals surface area (Å²) in [5, 5.41) is 10.9. The van der Waals surface area contributed by atoms with Crippen LogP contribution in [0.25, 0.3) is 0 Å². The highest BCUT2D eigenvalue weighted by atomic mass is 16.5. The van der Waals surface area contributed by atoms with Crippen molar-refractivity contribution in [2.45, 2.75) is 39.5 Å². The smallest absolute Gasteiger partial charge is 0.129 e. The normalized spacial score (nSPS) is 10.4. The van der Waals surface area contributed by atoms with Crippen LogP contribution in [0.15, 0.2) is 42.0 Å². The van der Waals surface area contributed by atoms with Crippen LogP contribution in [0.3, 0.4) is 0 Å². The van der Waals surface area contributed by atoms with E-state index in [1.54, 1.807) is 21.3 Å². The van der Waals surface area contributed by atoms with Gasteiger partial charge in [-0.3, -0.25) is 0 Å². The van der Waals surface area contributed by atoms with Crippen LogP contribution in [0.2, 0.25) is 0 Å². The molecule has 4 nitrogen and oxygen atoms in total. The monoisotopic (exact) mass is 370 g/mol. The minimum atomic E-state index is 0.276. The molecule has 0 saturated heterocycles. The van der Waals surface area contributed by atoms with Crippen LogP contribution in [0, 0.1) is 0 Å². The van der Waals surface area contributed by atoms with Crippen LogP contribution in [-0.4, -0.2) is 26.4 Å². The average Bonchev–Trinajstić information content (AvgIpc) is 2.68. The quantitative estimate of drug-likeness (QED) is 0.624. The largest absolute Gasteiger partial charge is 0.507 e. The van der Waals surface area contributed by atoms with Crippen molar-refractivity contribution in [2.24, 2.45) is 0 Å². The van der Waals surface area contributed by atoms with Crippen LogP contribution in [0.1, 0.15) is 37.0 Å². The van der Waals surface area contributed by atoms with Gasteiger partial charge in [0.1, 0.15) is 23.0 Å². The molecule has 2 rings (SSSR count). The summed E-state index contributed by atoms with van der Waals surface area (Å²) < 4.78 is 16.2. The molecule has 27 heavy (non-hydrogen) atoms. The number of ether oxygens (including phenoxy) is 3. The molecule has 146 valence electrons. The van der Waals surface area contributed by atoms with Crippen molar-refractivity contribution in [2.75, 3.05) is 21.3 Å². The second-order valence-corrected chi connectivity index (χ2v) is 6.77. The molecule has 0 aromatic heterocycles. The second kappa shape index (κ2) is 9.91. The second-order valence-electron chi connectivity index (χ2n) is 6.77. The van der Waals surface area contributed by atoms with Crippen molar-refractivity contribution in [3.8, 4) is 23.0 Å². The minimum absolute atomic E-state index is 0.276. The number of allylic oxidation sites excluding steroid dienone is 2. The lowest BCUT2D eigenvalue weighted by atomic mass is 9.97. The predicted octanol–water partition coefficient (Wildman–Crippen LogP) is 5.10. The molecule has 0 bridgehead atoms. The highest BCUT2D eigenvalue weighted by molar-refractivity contribution is 5.57. The molecule has 2 aromatic rings. The van der Waals surface area contributed by atoms with E-state index >= 15 is 0 Å². The molecule has 1 N–H and O–H groups in total. The topological polar surface area (TPSA) is 47.9 Å². The maximum Gasteiger partial charge on any atom is 0.129 e. The van der Waals surface area contributed by atoms with Crippen LogP contribution >= 0.6 is 0 Å². The van der Waals surface area contributed by atoms with Gasteiger partial charge in [-0.15, -0.1) is 0 Å². The van der Waals surface area contributed by atoms with Gasteiger partial charge in [-0.2, -0.15) is 0 Å². The van der Waals surface area contributed by atoms with Gasteiger partial charge < -0.3 is 19.3 Å². The zero-order chi connectivity index (χ0) is 19.8. The van der Waals surface area contributed by atoms with Crippen molar-refractivity contribution < 1.29 is 19.3 Å². The van der Waals surface area contributed by atoms with Gasteiger partial charge in [0.15, 0.2) is 0 Å². The van der Waals surface area contributed by atoms with Crippen LogP contribution in [0.4, 0.5) is 0 Å². The minimum Gasteiger partial charge on any atom is -0.507 e. The lowest BCUT2D eigenvalue weighted by Gasteiger charge is -2.17. The number of benzene rings is 2. The first-order chi connectivity index (χ1) is 13.0. The Labute approximate surface area is 162 Å². The van der Waals surface area contributed by atoms with Gasteiger partial charge in [0, 0.05) is 17.2 Å². The van der Waals surface area contributed by atoms with Crippen LogP contribution in [-0.2, 0) is 19.3 Å². The third kappa shape index (κ3) is 5.43. The van der Waals surface area contributed by atoms with Gasteiger partial charge in [0.25, 0.3) is 0 Å². The van der Waals surface area contributed by atoms with Crippen molar-refractivity contribution >= 4 is 0 Å². The number of hydrogen-bond acceptors (Lipinski definition) is 4. The van der Waals surface area contributed by atoms with Gasteiger partial charge in [0.2, 0.25) is 0 Å². The first kappa shape index (κ1) is 20.7. The molecule has 0 atom stereocenters. The number of aromatic hydroxyl groups is 1. The third-order valence-corrected chi connectivity index (χ3v) is 4.63. The van der Waals surface area contributed by atoms with E-state index in [0.717, 1.165) is 36.1 Å². The van der Waals surface area contributed by atoms with E-state index in [-0.39, 0.29) is 5.75 Å². The van der Waals surface area contributed by atoms with E-state index in [9.17, 15) is 5.11 Å². The van der Waals surface area contributed by atoms with Crippen molar-refractivity contribution in [3.63, 3.8) is 0 Å². The maximum absolute atomic E-state index is 10.9. The molecule has 0 aliphatic rings. The summed E-state index contributed by atoms with van der Waals surface area (Å²) in [6, 6.07) is 9.96. The number of aryl methyl sites for hydroxylation is 1. The highest BCUT2D eigenvalue weighted by Gasteiger charge is 2.18. The molecule has 0 unspecified atom stereocenters. The van der Waals surface area contributed by atoms with Gasteiger partial charge >= 0.3 is 0 Å². The van der Waals surface area contributed by atoms with E-state index in [2.05, 4.69) is 18.2 Å². The Kier molecular flexibility index (Phi) is 7.59. The SMILES string of the molecule is COc1ccc(CCCc2c(OC)cc(OC)c(CC=C(C)C)c2O)cc1. The number of phenolic OH excluding ortho intramolecular Hbond substituents is 1. The van der Waals surface area contributed by atoms with Crippen molar-refractivity contribution in [1.29, 1.82) is 0 Å². The summed E-state index contributed by atoms with van der Waals surface area (Å²) in [4.78, 5) is 0. The molecule has 0 aliphatic heterocycles. The number of phenols is 1. The zero-order valence-corrected chi connectivity index (χ0v) is 17.0. The molecular formula is C23H30O4. The van der Waals surface area contributed by atoms with Gasteiger partial charge in [0.05, 0.1) is 21.3 Å². The average molecular weight is 370 g/mol. The standard InChI is InChI=1S/C23H30O4/c1-16(2)9-14-20-22(27-5)15-21(26-4)19(23(20)24)8-6-7-17-10-12-18(25-3)13-11-17/h9-13,15,24H,6-8,14H2,1-5H3. The first-order valence-corrected chi connectivity index (χ1v) is 9.22. The van der Waals surface area contributed by atoms with E-state index < -0.39 is 0 Å². The molecule has 0 heterocycles. The first-order valence-electron chi connectivity index (χ1n) is 9.22. The fourth-order valence-corrected chi connectivity index (χ4v) is 3.08. The summed E-state index contributed by atoms with van der Waals surface area (Å²) in [6.45, 7) is 4.09. The Morgan fingerprint density at radius 1 is 0.889 bits per heavy atom. The fraction of sp³-hybridized carbons (Fsp3) is 0.391. The molecule has 0 amide bonds. The number of rotatable bonds is 9. The van der Waals surface area contributed by atoms with Crippen molar-refractivity contribution in [3.05, 3.63) is 58.7 Å². The lowest BCUT2D eigenvalue weighted by Crippen LogP contribution is -2.01. The zero-order valence-electron chi connectivity index (χ0n) is 17.0. The lowest BCUT2D eigenvalue weighted by molar-refractivity contribution is 0.374.